The molecule has 0 spiro atoms. The second kappa shape index (κ2) is 7.54. The van der Waals surface area contributed by atoms with Crippen molar-refractivity contribution in [2.45, 2.75) is 19.8 Å². The van der Waals surface area contributed by atoms with Gasteiger partial charge in [-0.1, -0.05) is 13.3 Å². The summed E-state index contributed by atoms with van der Waals surface area (Å²) in [4.78, 5) is 11.8. The summed E-state index contributed by atoms with van der Waals surface area (Å²) in [6, 6.07) is 0. The molecule has 3 nitrogen and oxygen atoms in total. The number of carbonyl (C=O) groups excluding carboxylic acids is 1. The molecule has 0 atom stereocenters. The summed E-state index contributed by atoms with van der Waals surface area (Å²) in [7, 11) is 1.79. The largest absolute Gasteiger partial charge is 0.347 e. The number of unbranched alkanes of at least 4 members (excludes halogenated alkanes) is 1. The smallest absolute Gasteiger partial charge is 0.209 e. The van der Waals surface area contributed by atoms with E-state index >= 15 is 0 Å². The SMILES string of the molecule is CCCCNCCN(C)C=O. The Labute approximate surface area is 68.8 Å². The second-order valence-electron chi connectivity index (χ2n) is 2.69. The highest BCUT2D eigenvalue weighted by atomic mass is 16.1. The summed E-state index contributed by atoms with van der Waals surface area (Å²) in [6.45, 7) is 4.92. The fourth-order valence-corrected chi connectivity index (χ4v) is 0.735. The van der Waals surface area contributed by atoms with Gasteiger partial charge in [-0.2, -0.15) is 0 Å². The molecule has 0 aromatic carbocycles. The first-order valence-corrected chi connectivity index (χ1v) is 4.17. The predicted octanol–water partition coefficient (Wildman–Crippen LogP) is 0.464. The standard InChI is InChI=1S/C8H18N2O/c1-3-4-5-9-6-7-10(2)8-11/h8-9H,3-7H2,1-2H3. The van der Waals surface area contributed by atoms with E-state index in [4.69, 9.17) is 0 Å². The number of carbonyl (C=O) groups is 1. The Bertz CT molecular complexity index is 96.1. The third kappa shape index (κ3) is 7.33. The number of nitrogens with one attached hydrogen (secondary N) is 1. The molecule has 0 bridgehead atoms. The van der Waals surface area contributed by atoms with Gasteiger partial charge in [-0.15, -0.1) is 0 Å². The summed E-state index contributed by atoms with van der Waals surface area (Å²) in [5.74, 6) is 0. The van der Waals surface area contributed by atoms with Crippen LogP contribution in [0.3, 0.4) is 0 Å². The Morgan fingerprint density at radius 1 is 1.45 bits per heavy atom. The van der Waals surface area contributed by atoms with Gasteiger partial charge >= 0.3 is 0 Å². The predicted molar refractivity (Wildman–Crippen MR) is 46.5 cm³/mol. The van der Waals surface area contributed by atoms with Crippen LogP contribution in [-0.2, 0) is 4.79 Å². The number of nitrogens with zero attached hydrogens (tertiary/aromatic N) is 1. The number of hydrogen-bond acceptors (Lipinski definition) is 2. The summed E-state index contributed by atoms with van der Waals surface area (Å²) < 4.78 is 0. The first-order valence-electron chi connectivity index (χ1n) is 4.17. The molecule has 0 heterocycles. The lowest BCUT2D eigenvalue weighted by atomic mass is 10.3. The molecule has 1 amide bonds. The lowest BCUT2D eigenvalue weighted by Gasteiger charge is -2.10. The Hall–Kier alpha value is -0.570. The minimum atomic E-state index is 0.799. The maximum Gasteiger partial charge on any atom is 0.209 e. The van der Waals surface area contributed by atoms with Crippen molar-refractivity contribution in [1.29, 1.82) is 0 Å². The van der Waals surface area contributed by atoms with E-state index in [0.29, 0.717) is 0 Å². The van der Waals surface area contributed by atoms with E-state index < -0.39 is 0 Å². The quantitative estimate of drug-likeness (QED) is 0.431. The monoisotopic (exact) mass is 158 g/mol. The topological polar surface area (TPSA) is 32.3 Å². The minimum absolute atomic E-state index is 0.799. The molecule has 0 unspecified atom stereocenters. The molecule has 0 radical (unpaired) electrons. The zero-order valence-corrected chi connectivity index (χ0v) is 7.47. The third-order valence-corrected chi connectivity index (χ3v) is 1.53. The van der Waals surface area contributed by atoms with Crippen molar-refractivity contribution in [1.82, 2.24) is 10.2 Å². The molecule has 0 saturated carbocycles. The van der Waals surface area contributed by atoms with Crippen LogP contribution in [0.1, 0.15) is 19.8 Å². The number of hydrogen-bond donors (Lipinski definition) is 1. The summed E-state index contributed by atoms with van der Waals surface area (Å²) in [5.41, 5.74) is 0. The number of likely N-dealkylation sites (N-methyl/N-ethyl adjacent to an activating group) is 1. The van der Waals surface area contributed by atoms with Crippen molar-refractivity contribution in [3.05, 3.63) is 0 Å². The summed E-state index contributed by atoms with van der Waals surface area (Å²) in [5, 5.41) is 3.25. The van der Waals surface area contributed by atoms with Crippen LogP contribution in [0.2, 0.25) is 0 Å². The fraction of sp³-hybridized carbons (Fsp3) is 0.875. The van der Waals surface area contributed by atoms with E-state index in [0.717, 1.165) is 26.0 Å². The Balaban J connectivity index is 2.95. The van der Waals surface area contributed by atoms with E-state index in [1.54, 1.807) is 11.9 Å². The van der Waals surface area contributed by atoms with Gasteiger partial charge in [-0.3, -0.25) is 4.79 Å². The highest BCUT2D eigenvalue weighted by Crippen LogP contribution is 1.81. The second-order valence-corrected chi connectivity index (χ2v) is 2.69. The van der Waals surface area contributed by atoms with Gasteiger partial charge in [0.05, 0.1) is 0 Å². The maximum atomic E-state index is 10.1. The number of rotatable bonds is 7. The third-order valence-electron chi connectivity index (χ3n) is 1.53. The van der Waals surface area contributed by atoms with Crippen molar-refractivity contribution in [2.75, 3.05) is 26.7 Å². The number of amides is 1. The van der Waals surface area contributed by atoms with E-state index in [1.165, 1.54) is 12.8 Å². The van der Waals surface area contributed by atoms with Crippen LogP contribution in [0, 0.1) is 0 Å². The van der Waals surface area contributed by atoms with Gasteiger partial charge in [0.25, 0.3) is 0 Å². The van der Waals surface area contributed by atoms with Crippen molar-refractivity contribution in [3.63, 3.8) is 0 Å². The molecule has 3 heteroatoms. The highest BCUT2D eigenvalue weighted by molar-refractivity contribution is 5.46. The summed E-state index contributed by atoms with van der Waals surface area (Å²) >= 11 is 0. The van der Waals surface area contributed by atoms with Crippen molar-refractivity contribution in [3.8, 4) is 0 Å². The van der Waals surface area contributed by atoms with Crippen molar-refractivity contribution in [2.24, 2.45) is 0 Å². The van der Waals surface area contributed by atoms with Crippen molar-refractivity contribution >= 4 is 6.41 Å². The molecule has 0 aromatic heterocycles. The van der Waals surface area contributed by atoms with E-state index in [9.17, 15) is 4.79 Å². The van der Waals surface area contributed by atoms with Gasteiger partial charge in [0.2, 0.25) is 6.41 Å². The van der Waals surface area contributed by atoms with Gasteiger partial charge < -0.3 is 10.2 Å². The molecule has 0 aliphatic rings. The minimum Gasteiger partial charge on any atom is -0.347 e. The molecule has 66 valence electrons. The lowest BCUT2D eigenvalue weighted by Crippen LogP contribution is -2.28. The molecular formula is C8H18N2O. The average molecular weight is 158 g/mol. The van der Waals surface area contributed by atoms with E-state index in [1.807, 2.05) is 0 Å². The zero-order valence-electron chi connectivity index (χ0n) is 7.47. The van der Waals surface area contributed by atoms with Gasteiger partial charge in [0, 0.05) is 20.1 Å². The van der Waals surface area contributed by atoms with Crippen LogP contribution in [0.5, 0.6) is 0 Å². The van der Waals surface area contributed by atoms with Gasteiger partial charge in [-0.25, -0.2) is 0 Å². The van der Waals surface area contributed by atoms with Gasteiger partial charge in [-0.05, 0) is 13.0 Å². The van der Waals surface area contributed by atoms with Crippen LogP contribution >= 0.6 is 0 Å². The maximum absolute atomic E-state index is 10.1. The van der Waals surface area contributed by atoms with Gasteiger partial charge in [0.1, 0.15) is 0 Å². The molecular weight excluding hydrogens is 140 g/mol. The van der Waals surface area contributed by atoms with Crippen LogP contribution in [0.4, 0.5) is 0 Å². The Morgan fingerprint density at radius 3 is 2.73 bits per heavy atom. The first-order chi connectivity index (χ1) is 5.31. The molecule has 0 fully saturated rings. The first kappa shape index (κ1) is 10.4. The zero-order chi connectivity index (χ0) is 8.53. The van der Waals surface area contributed by atoms with Crippen LogP contribution in [0.25, 0.3) is 0 Å². The van der Waals surface area contributed by atoms with Crippen LogP contribution in [0.15, 0.2) is 0 Å². The molecule has 1 N–H and O–H groups in total. The van der Waals surface area contributed by atoms with Crippen LogP contribution < -0.4 is 5.32 Å². The molecule has 0 rings (SSSR count). The van der Waals surface area contributed by atoms with Gasteiger partial charge in [0.15, 0.2) is 0 Å². The Morgan fingerprint density at radius 2 is 2.18 bits per heavy atom. The van der Waals surface area contributed by atoms with E-state index in [-0.39, 0.29) is 0 Å². The van der Waals surface area contributed by atoms with Crippen molar-refractivity contribution < 1.29 is 4.79 Å². The normalized spacial score (nSPS) is 9.64. The van der Waals surface area contributed by atoms with Crippen LogP contribution in [-0.4, -0.2) is 38.0 Å². The lowest BCUT2D eigenvalue weighted by molar-refractivity contribution is -0.116. The summed E-state index contributed by atoms with van der Waals surface area (Å²) in [6.07, 6.45) is 3.28. The van der Waals surface area contributed by atoms with E-state index in [2.05, 4.69) is 12.2 Å². The fourth-order valence-electron chi connectivity index (χ4n) is 0.735. The highest BCUT2D eigenvalue weighted by Gasteiger charge is 1.90. The molecule has 11 heavy (non-hydrogen) atoms. The molecule has 0 aromatic rings. The molecule has 0 aliphatic heterocycles. The molecule has 0 aliphatic carbocycles. The Kier molecular flexibility index (Phi) is 7.15. The molecule has 0 saturated heterocycles. The average Bonchev–Trinajstić information content (AvgIpc) is 2.04.